The van der Waals surface area contributed by atoms with Gasteiger partial charge < -0.3 is 21.3 Å². The number of carbonyl (C=O) groups is 2. The van der Waals surface area contributed by atoms with Crippen LogP contribution in [0, 0.1) is 20.2 Å². The summed E-state index contributed by atoms with van der Waals surface area (Å²) in [6, 6.07) is 22.3. The van der Waals surface area contributed by atoms with Crippen molar-refractivity contribution in [2.45, 2.75) is 0 Å². The largest absolute Gasteiger partial charge is 0.323 e. The fraction of sp³-hybridized carbons (Fsp3) is 0. The Morgan fingerprint density at radius 2 is 0.875 bits per heavy atom. The number of nitro groups is 2. The first kappa shape index (κ1) is 25.5. The van der Waals surface area contributed by atoms with E-state index in [0.717, 1.165) is 10.8 Å². The molecule has 0 aliphatic carbocycles. The maximum Gasteiger partial charge on any atom is 0.323 e. The van der Waals surface area contributed by atoms with Gasteiger partial charge in [0.1, 0.15) is 0 Å². The minimum Gasteiger partial charge on any atom is -0.308 e. The van der Waals surface area contributed by atoms with Gasteiger partial charge in [-0.1, -0.05) is 12.1 Å². The molecule has 0 saturated carbocycles. The van der Waals surface area contributed by atoms with Gasteiger partial charge in [-0.25, -0.2) is 14.6 Å². The van der Waals surface area contributed by atoms with Crippen LogP contribution >= 0.6 is 0 Å². The molecule has 0 atom stereocenters. The Morgan fingerprint density at radius 3 is 1.25 bits per heavy atom. The molecule has 0 unspecified atom stereocenters. The molecule has 4 amide bonds. The summed E-state index contributed by atoms with van der Waals surface area (Å²) in [6.07, 6.45) is 0. The number of hydrogen-bond acceptors (Lipinski definition) is 7. The van der Waals surface area contributed by atoms with Crippen LogP contribution in [0.25, 0.3) is 21.8 Å². The SMILES string of the molecule is O=C(Nc1ccc([N+](=O)[O-])cc1)Nc1ccc2cc3ccc(NC(=O)Nc4ccc([N+](=O)[O-])cc4)cc3nc2c1. The Labute approximate surface area is 225 Å². The number of nitrogens with zero attached hydrogens (tertiary/aromatic N) is 3. The Morgan fingerprint density at radius 1 is 0.525 bits per heavy atom. The first-order chi connectivity index (χ1) is 19.2. The van der Waals surface area contributed by atoms with Gasteiger partial charge in [-0.05, 0) is 54.6 Å². The second-order valence-electron chi connectivity index (χ2n) is 8.57. The lowest BCUT2D eigenvalue weighted by Gasteiger charge is -2.10. The molecule has 1 heterocycles. The van der Waals surface area contributed by atoms with Crippen molar-refractivity contribution in [2.75, 3.05) is 21.3 Å². The molecular formula is C27H19N7O6. The molecule has 4 aromatic carbocycles. The van der Waals surface area contributed by atoms with Crippen LogP contribution in [0.4, 0.5) is 43.7 Å². The third-order valence-corrected chi connectivity index (χ3v) is 5.80. The van der Waals surface area contributed by atoms with E-state index in [-0.39, 0.29) is 11.4 Å². The van der Waals surface area contributed by atoms with Crippen LogP contribution in [0.15, 0.2) is 91.0 Å². The number of aromatic nitrogens is 1. The summed E-state index contributed by atoms with van der Waals surface area (Å²) in [5.41, 5.74) is 2.80. The Bertz CT molecular complexity index is 1660. The molecule has 0 saturated heterocycles. The van der Waals surface area contributed by atoms with E-state index in [1.54, 1.807) is 24.3 Å². The fourth-order valence-electron chi connectivity index (χ4n) is 3.90. The number of fused-ring (bicyclic) bond motifs is 2. The zero-order valence-corrected chi connectivity index (χ0v) is 20.5. The number of nitro benzene ring substituents is 2. The van der Waals surface area contributed by atoms with Crippen molar-refractivity contribution in [3.05, 3.63) is 111 Å². The van der Waals surface area contributed by atoms with Crippen LogP contribution < -0.4 is 21.3 Å². The maximum atomic E-state index is 12.4. The van der Waals surface area contributed by atoms with Gasteiger partial charge in [-0.15, -0.1) is 0 Å². The molecule has 198 valence electrons. The number of non-ortho nitro benzene ring substituents is 2. The predicted octanol–water partition coefficient (Wildman–Crippen LogP) is 6.49. The lowest BCUT2D eigenvalue weighted by Crippen LogP contribution is -2.19. The first-order valence-electron chi connectivity index (χ1n) is 11.7. The summed E-state index contributed by atoms with van der Waals surface area (Å²) in [5.74, 6) is 0. The minimum absolute atomic E-state index is 0.0812. The standard InChI is InChI=1S/C27H19N7O6/c35-26(28-18-5-9-22(10-6-18)33(37)38)30-20-3-1-16-13-17-2-4-21(15-25(17)32-24(16)14-20)31-27(36)29-19-7-11-23(12-8-19)34(39)40/h1-15H,(H2,28,30,35)(H2,29,31,36). The lowest BCUT2D eigenvalue weighted by molar-refractivity contribution is -0.385. The number of benzene rings is 4. The smallest absolute Gasteiger partial charge is 0.308 e. The van der Waals surface area contributed by atoms with E-state index in [2.05, 4.69) is 26.3 Å². The number of nitrogens with one attached hydrogen (secondary N) is 4. The Kier molecular flexibility index (Phi) is 6.84. The maximum absolute atomic E-state index is 12.4. The van der Waals surface area contributed by atoms with Gasteiger partial charge in [0.05, 0.1) is 20.9 Å². The summed E-state index contributed by atoms with van der Waals surface area (Å²) in [4.78, 5) is 50.0. The molecule has 5 rings (SSSR count). The normalized spacial score (nSPS) is 10.6. The Hall–Kier alpha value is -6.11. The van der Waals surface area contributed by atoms with E-state index in [4.69, 9.17) is 0 Å². The number of carbonyl (C=O) groups excluding carboxylic acids is 2. The average molecular weight is 537 g/mol. The molecule has 0 spiro atoms. The van der Waals surface area contributed by atoms with Crippen molar-refractivity contribution in [3.63, 3.8) is 0 Å². The average Bonchev–Trinajstić information content (AvgIpc) is 2.92. The third kappa shape index (κ3) is 5.89. The highest BCUT2D eigenvalue weighted by Crippen LogP contribution is 2.25. The molecular weight excluding hydrogens is 518 g/mol. The molecule has 0 radical (unpaired) electrons. The summed E-state index contributed by atoms with van der Waals surface area (Å²) >= 11 is 0. The highest BCUT2D eigenvalue weighted by atomic mass is 16.6. The van der Waals surface area contributed by atoms with Crippen molar-refractivity contribution in [1.82, 2.24) is 4.98 Å². The van der Waals surface area contributed by atoms with Crippen LogP contribution in [0.5, 0.6) is 0 Å². The predicted molar refractivity (Wildman–Crippen MR) is 151 cm³/mol. The lowest BCUT2D eigenvalue weighted by atomic mass is 10.1. The minimum atomic E-state index is -0.528. The summed E-state index contributed by atoms with van der Waals surface area (Å²) in [6.45, 7) is 0. The number of hydrogen-bond donors (Lipinski definition) is 4. The van der Waals surface area contributed by atoms with Crippen LogP contribution in [0.2, 0.25) is 0 Å². The molecule has 40 heavy (non-hydrogen) atoms. The molecule has 0 bridgehead atoms. The molecule has 5 aromatic rings. The summed E-state index contributed by atoms with van der Waals surface area (Å²) in [5, 5.41) is 33.9. The van der Waals surface area contributed by atoms with E-state index in [1.165, 1.54) is 48.5 Å². The van der Waals surface area contributed by atoms with Gasteiger partial charge in [0.25, 0.3) is 11.4 Å². The number of amides is 4. The quantitative estimate of drug-likeness (QED) is 0.108. The van der Waals surface area contributed by atoms with E-state index < -0.39 is 21.9 Å². The second-order valence-corrected chi connectivity index (χ2v) is 8.57. The molecule has 4 N–H and O–H groups in total. The van der Waals surface area contributed by atoms with Crippen LogP contribution in [-0.2, 0) is 0 Å². The molecule has 13 nitrogen and oxygen atoms in total. The number of pyridine rings is 1. The number of rotatable bonds is 6. The van der Waals surface area contributed by atoms with Crippen molar-refractivity contribution in [3.8, 4) is 0 Å². The number of urea groups is 2. The molecule has 13 heteroatoms. The van der Waals surface area contributed by atoms with E-state index in [1.807, 2.05) is 18.2 Å². The van der Waals surface area contributed by atoms with Crippen LogP contribution in [0.1, 0.15) is 0 Å². The monoisotopic (exact) mass is 537 g/mol. The zero-order chi connectivity index (χ0) is 28.2. The van der Waals surface area contributed by atoms with Gasteiger partial charge in [0.2, 0.25) is 0 Å². The van der Waals surface area contributed by atoms with Gasteiger partial charge in [0, 0.05) is 57.8 Å². The topological polar surface area (TPSA) is 181 Å². The van der Waals surface area contributed by atoms with Gasteiger partial charge in [0.15, 0.2) is 0 Å². The van der Waals surface area contributed by atoms with Crippen LogP contribution in [-0.4, -0.2) is 26.9 Å². The third-order valence-electron chi connectivity index (χ3n) is 5.80. The van der Waals surface area contributed by atoms with Gasteiger partial charge in [-0.2, -0.15) is 0 Å². The summed E-state index contributed by atoms with van der Waals surface area (Å²) < 4.78 is 0. The van der Waals surface area contributed by atoms with E-state index >= 15 is 0 Å². The molecule has 1 aromatic heterocycles. The van der Waals surface area contributed by atoms with Gasteiger partial charge in [-0.3, -0.25) is 20.2 Å². The van der Waals surface area contributed by atoms with Crippen LogP contribution in [0.3, 0.4) is 0 Å². The molecule has 0 aliphatic heterocycles. The molecule has 0 aliphatic rings. The molecule has 0 fully saturated rings. The van der Waals surface area contributed by atoms with Gasteiger partial charge >= 0.3 is 12.1 Å². The highest BCUT2D eigenvalue weighted by Gasteiger charge is 2.10. The van der Waals surface area contributed by atoms with Crippen molar-refractivity contribution >= 4 is 68.0 Å². The highest BCUT2D eigenvalue weighted by molar-refractivity contribution is 6.03. The first-order valence-corrected chi connectivity index (χ1v) is 11.7. The Balaban J connectivity index is 1.28. The van der Waals surface area contributed by atoms with E-state index in [9.17, 15) is 29.8 Å². The fourth-order valence-corrected chi connectivity index (χ4v) is 3.90. The van der Waals surface area contributed by atoms with Crippen molar-refractivity contribution in [1.29, 1.82) is 0 Å². The second kappa shape index (κ2) is 10.7. The van der Waals surface area contributed by atoms with Crippen molar-refractivity contribution < 1.29 is 19.4 Å². The number of anilines is 4. The van der Waals surface area contributed by atoms with E-state index in [0.29, 0.717) is 33.8 Å². The summed E-state index contributed by atoms with van der Waals surface area (Å²) in [7, 11) is 0. The van der Waals surface area contributed by atoms with Crippen molar-refractivity contribution in [2.24, 2.45) is 0 Å². The zero-order valence-electron chi connectivity index (χ0n) is 20.5.